The van der Waals surface area contributed by atoms with Crippen LogP contribution in [0.15, 0.2) is 0 Å². The van der Waals surface area contributed by atoms with Crippen molar-refractivity contribution in [3.63, 3.8) is 0 Å². The normalized spacial score (nSPS) is 9.54. The van der Waals surface area contributed by atoms with Gasteiger partial charge >= 0.3 is 0 Å². The molecule has 3 heteroatoms. The van der Waals surface area contributed by atoms with Crippen molar-refractivity contribution in [1.82, 2.24) is 4.90 Å². The second kappa shape index (κ2) is 9.03. The lowest BCUT2D eigenvalue weighted by atomic mass is 10.2. The maximum absolute atomic E-state index is 8.40. The molecule has 72 valence electrons. The molecule has 0 aromatic carbocycles. The number of rotatable bonds is 7. The van der Waals surface area contributed by atoms with Gasteiger partial charge in [-0.2, -0.15) is 10.5 Å². The minimum atomic E-state index is 0.603. The second-order valence-electron chi connectivity index (χ2n) is 2.96. The highest BCUT2D eigenvalue weighted by molar-refractivity contribution is 4.72. The molecule has 0 rings (SSSR count). The minimum Gasteiger partial charge on any atom is -0.303 e. The van der Waals surface area contributed by atoms with E-state index in [1.54, 1.807) is 0 Å². The fourth-order valence-electron chi connectivity index (χ4n) is 1.18. The molecule has 3 nitrogen and oxygen atoms in total. The quantitative estimate of drug-likeness (QED) is 0.561. The van der Waals surface area contributed by atoms with Crippen LogP contribution in [0.3, 0.4) is 0 Å². The first kappa shape index (κ1) is 11.9. The van der Waals surface area contributed by atoms with Gasteiger partial charge < -0.3 is 4.90 Å². The molecule has 0 radical (unpaired) electrons. The summed E-state index contributed by atoms with van der Waals surface area (Å²) < 4.78 is 0. The molecule has 0 atom stereocenters. The van der Waals surface area contributed by atoms with Gasteiger partial charge in [-0.05, 0) is 25.9 Å². The molecule has 0 aromatic heterocycles. The maximum Gasteiger partial charge on any atom is 0.0635 e. The van der Waals surface area contributed by atoms with Crippen LogP contribution in [0.5, 0.6) is 0 Å². The first-order chi connectivity index (χ1) is 6.35. The van der Waals surface area contributed by atoms with E-state index in [2.05, 4.69) is 24.0 Å². The summed E-state index contributed by atoms with van der Waals surface area (Å²) in [4.78, 5) is 2.25. The number of hydrogen-bond donors (Lipinski definition) is 0. The van der Waals surface area contributed by atoms with Crippen molar-refractivity contribution < 1.29 is 0 Å². The zero-order valence-electron chi connectivity index (χ0n) is 8.29. The van der Waals surface area contributed by atoms with E-state index in [0.29, 0.717) is 12.8 Å². The summed E-state index contributed by atoms with van der Waals surface area (Å²) in [5.74, 6) is 0. The highest BCUT2D eigenvalue weighted by Crippen LogP contribution is 1.98. The summed E-state index contributed by atoms with van der Waals surface area (Å²) in [5, 5.41) is 16.7. The highest BCUT2D eigenvalue weighted by Gasteiger charge is 2.00. The fourth-order valence-corrected chi connectivity index (χ4v) is 1.18. The molecule has 0 aliphatic rings. The Kier molecular flexibility index (Phi) is 8.30. The van der Waals surface area contributed by atoms with Gasteiger partial charge in [-0.1, -0.05) is 6.92 Å². The van der Waals surface area contributed by atoms with Gasteiger partial charge in [0.25, 0.3) is 0 Å². The molecule has 0 saturated heterocycles. The molecule has 0 bridgehead atoms. The Morgan fingerprint density at radius 3 is 2.23 bits per heavy atom. The summed E-state index contributed by atoms with van der Waals surface area (Å²) >= 11 is 0. The Morgan fingerprint density at radius 2 is 1.69 bits per heavy atom. The summed E-state index contributed by atoms with van der Waals surface area (Å²) in [6.07, 6.45) is 3.29. The first-order valence-corrected chi connectivity index (χ1v) is 4.81. The van der Waals surface area contributed by atoms with Crippen molar-refractivity contribution in [1.29, 1.82) is 10.5 Å². The minimum absolute atomic E-state index is 0.603. The third kappa shape index (κ3) is 7.31. The molecular formula is C10H17N3. The van der Waals surface area contributed by atoms with Crippen LogP contribution in [0.2, 0.25) is 0 Å². The van der Waals surface area contributed by atoms with Gasteiger partial charge in [-0.15, -0.1) is 0 Å². The third-order valence-corrected chi connectivity index (χ3v) is 2.00. The molecule has 13 heavy (non-hydrogen) atoms. The molecule has 0 saturated carbocycles. The fraction of sp³-hybridized carbons (Fsp3) is 0.800. The highest BCUT2D eigenvalue weighted by atomic mass is 15.1. The molecule has 0 unspecified atom stereocenters. The van der Waals surface area contributed by atoms with E-state index in [9.17, 15) is 0 Å². The van der Waals surface area contributed by atoms with Crippen LogP contribution in [0.1, 0.15) is 32.6 Å². The number of nitriles is 2. The first-order valence-electron chi connectivity index (χ1n) is 4.81. The molecule has 0 fully saturated rings. The third-order valence-electron chi connectivity index (χ3n) is 2.00. The van der Waals surface area contributed by atoms with Crippen LogP contribution in [-0.2, 0) is 0 Å². The smallest absolute Gasteiger partial charge is 0.0635 e. The predicted octanol–water partition coefficient (Wildman–Crippen LogP) is 1.92. The van der Waals surface area contributed by atoms with E-state index in [-0.39, 0.29) is 0 Å². The van der Waals surface area contributed by atoms with Crippen LogP contribution in [0.4, 0.5) is 0 Å². The topological polar surface area (TPSA) is 50.8 Å². The van der Waals surface area contributed by atoms with Crippen LogP contribution in [-0.4, -0.2) is 24.5 Å². The number of hydrogen-bond acceptors (Lipinski definition) is 3. The largest absolute Gasteiger partial charge is 0.303 e. The van der Waals surface area contributed by atoms with Crippen molar-refractivity contribution in [2.24, 2.45) is 0 Å². The average molecular weight is 179 g/mol. The molecule has 0 aromatic rings. The van der Waals surface area contributed by atoms with Crippen molar-refractivity contribution in [2.75, 3.05) is 19.6 Å². The molecule has 0 aliphatic heterocycles. The molecule has 0 spiro atoms. The van der Waals surface area contributed by atoms with Gasteiger partial charge in [0, 0.05) is 19.4 Å². The van der Waals surface area contributed by atoms with E-state index in [0.717, 1.165) is 32.5 Å². The SMILES string of the molecule is CCN(CCC#N)CCCCC#N. The monoisotopic (exact) mass is 179 g/mol. The maximum atomic E-state index is 8.40. The lowest BCUT2D eigenvalue weighted by Gasteiger charge is -2.17. The Balaban J connectivity index is 3.38. The molecule has 0 aliphatic carbocycles. The van der Waals surface area contributed by atoms with Gasteiger partial charge in [-0.25, -0.2) is 0 Å². The van der Waals surface area contributed by atoms with E-state index < -0.39 is 0 Å². The zero-order valence-corrected chi connectivity index (χ0v) is 8.29. The molecule has 0 N–H and O–H groups in total. The summed E-state index contributed by atoms with van der Waals surface area (Å²) in [5.41, 5.74) is 0. The summed E-state index contributed by atoms with van der Waals surface area (Å²) in [6, 6.07) is 4.27. The standard InChI is InChI=1S/C10H17N3/c1-2-13(10-6-8-12)9-5-3-4-7-11/h2-6,9-10H2,1H3. The van der Waals surface area contributed by atoms with Gasteiger partial charge in [0.2, 0.25) is 0 Å². The Labute approximate surface area is 80.6 Å². The molecular weight excluding hydrogens is 162 g/mol. The van der Waals surface area contributed by atoms with E-state index in [4.69, 9.17) is 10.5 Å². The van der Waals surface area contributed by atoms with Crippen LogP contribution in [0.25, 0.3) is 0 Å². The Morgan fingerprint density at radius 1 is 1.00 bits per heavy atom. The number of unbranched alkanes of at least 4 members (excludes halogenated alkanes) is 2. The van der Waals surface area contributed by atoms with Gasteiger partial charge in [0.15, 0.2) is 0 Å². The van der Waals surface area contributed by atoms with Crippen molar-refractivity contribution in [3.8, 4) is 12.1 Å². The summed E-state index contributed by atoms with van der Waals surface area (Å²) in [6.45, 7) is 4.97. The van der Waals surface area contributed by atoms with Crippen LogP contribution < -0.4 is 0 Å². The van der Waals surface area contributed by atoms with Gasteiger partial charge in [0.1, 0.15) is 0 Å². The van der Waals surface area contributed by atoms with Crippen molar-refractivity contribution in [3.05, 3.63) is 0 Å². The van der Waals surface area contributed by atoms with Crippen molar-refractivity contribution >= 4 is 0 Å². The second-order valence-corrected chi connectivity index (χ2v) is 2.96. The Bertz CT molecular complexity index is 187. The van der Waals surface area contributed by atoms with E-state index >= 15 is 0 Å². The zero-order chi connectivity index (χ0) is 9.94. The van der Waals surface area contributed by atoms with Gasteiger partial charge in [-0.3, -0.25) is 0 Å². The van der Waals surface area contributed by atoms with E-state index in [1.807, 2.05) is 0 Å². The van der Waals surface area contributed by atoms with Crippen LogP contribution >= 0.6 is 0 Å². The van der Waals surface area contributed by atoms with Gasteiger partial charge in [0.05, 0.1) is 12.1 Å². The van der Waals surface area contributed by atoms with Crippen LogP contribution in [0, 0.1) is 22.7 Å². The predicted molar refractivity (Wildman–Crippen MR) is 51.8 cm³/mol. The lowest BCUT2D eigenvalue weighted by Crippen LogP contribution is -2.25. The molecule has 0 amide bonds. The van der Waals surface area contributed by atoms with Crippen molar-refractivity contribution in [2.45, 2.75) is 32.6 Å². The average Bonchev–Trinajstić information content (AvgIpc) is 2.17. The molecule has 0 heterocycles. The summed E-state index contributed by atoms with van der Waals surface area (Å²) in [7, 11) is 0. The number of nitrogens with zero attached hydrogens (tertiary/aromatic N) is 3. The Hall–Kier alpha value is -1.06. The lowest BCUT2D eigenvalue weighted by molar-refractivity contribution is 0.289. The van der Waals surface area contributed by atoms with E-state index in [1.165, 1.54) is 0 Å².